The summed E-state index contributed by atoms with van der Waals surface area (Å²) in [4.78, 5) is 13.6. The van der Waals surface area contributed by atoms with Crippen LogP contribution < -0.4 is 11.1 Å². The molecular weight excluding hydrogens is 378 g/mol. The third-order valence-electron chi connectivity index (χ3n) is 4.06. The SMILES string of the molecule is Cc1ccc(CSc2nc(N[C@@H](CO)CC(C)C)c3sc(N)nc3n2)cc1. The van der Waals surface area contributed by atoms with Gasteiger partial charge in [0.2, 0.25) is 0 Å². The van der Waals surface area contributed by atoms with Crippen LogP contribution in [0.2, 0.25) is 0 Å². The van der Waals surface area contributed by atoms with E-state index in [1.54, 1.807) is 11.8 Å². The van der Waals surface area contributed by atoms with Crippen molar-refractivity contribution < 1.29 is 5.11 Å². The van der Waals surface area contributed by atoms with Crippen molar-refractivity contribution in [2.75, 3.05) is 17.7 Å². The molecule has 3 aromatic rings. The van der Waals surface area contributed by atoms with Gasteiger partial charge in [0, 0.05) is 5.75 Å². The molecule has 1 aromatic carbocycles. The van der Waals surface area contributed by atoms with Gasteiger partial charge in [0.25, 0.3) is 0 Å². The summed E-state index contributed by atoms with van der Waals surface area (Å²) in [5.41, 5.74) is 8.95. The average molecular weight is 404 g/mol. The molecule has 1 atom stereocenters. The monoisotopic (exact) mass is 403 g/mol. The molecule has 2 heterocycles. The molecule has 3 rings (SSSR count). The van der Waals surface area contributed by atoms with E-state index in [4.69, 9.17) is 5.73 Å². The lowest BCUT2D eigenvalue weighted by molar-refractivity contribution is 0.259. The highest BCUT2D eigenvalue weighted by molar-refractivity contribution is 7.98. The molecule has 0 aliphatic heterocycles. The number of rotatable bonds is 8. The van der Waals surface area contributed by atoms with Gasteiger partial charge in [0.15, 0.2) is 21.8 Å². The molecule has 0 amide bonds. The van der Waals surface area contributed by atoms with Crippen molar-refractivity contribution >= 4 is 44.4 Å². The van der Waals surface area contributed by atoms with Crippen molar-refractivity contribution in [3.05, 3.63) is 35.4 Å². The van der Waals surface area contributed by atoms with Crippen LogP contribution in [0.1, 0.15) is 31.4 Å². The van der Waals surface area contributed by atoms with Crippen molar-refractivity contribution in [1.82, 2.24) is 15.0 Å². The van der Waals surface area contributed by atoms with E-state index in [9.17, 15) is 5.11 Å². The molecule has 0 fully saturated rings. The topological polar surface area (TPSA) is 97.0 Å². The molecule has 0 aliphatic carbocycles. The molecule has 0 saturated heterocycles. The highest BCUT2D eigenvalue weighted by Crippen LogP contribution is 2.32. The van der Waals surface area contributed by atoms with E-state index in [1.165, 1.54) is 22.5 Å². The first kappa shape index (κ1) is 19.9. The minimum atomic E-state index is -0.0682. The lowest BCUT2D eigenvalue weighted by Crippen LogP contribution is -2.26. The van der Waals surface area contributed by atoms with Gasteiger partial charge in [-0.1, -0.05) is 66.8 Å². The molecule has 0 saturated carbocycles. The third kappa shape index (κ3) is 5.31. The number of fused-ring (bicyclic) bond motifs is 1. The lowest BCUT2D eigenvalue weighted by atomic mass is 10.0. The zero-order valence-corrected chi connectivity index (χ0v) is 17.4. The second-order valence-corrected chi connectivity index (χ2v) is 8.96. The fourth-order valence-corrected chi connectivity index (χ4v) is 4.28. The first-order valence-corrected chi connectivity index (χ1v) is 10.7. The van der Waals surface area contributed by atoms with Crippen LogP contribution in [0.5, 0.6) is 0 Å². The van der Waals surface area contributed by atoms with Gasteiger partial charge in [-0.15, -0.1) is 0 Å². The number of hydrogen-bond donors (Lipinski definition) is 3. The number of thioether (sulfide) groups is 1. The van der Waals surface area contributed by atoms with Crippen LogP contribution in [0.25, 0.3) is 10.3 Å². The Bertz CT molecular complexity index is 895. The van der Waals surface area contributed by atoms with E-state index in [2.05, 4.69) is 65.3 Å². The van der Waals surface area contributed by atoms with Crippen molar-refractivity contribution in [3.8, 4) is 0 Å². The maximum absolute atomic E-state index is 9.71. The Hall–Kier alpha value is -1.90. The number of nitrogens with two attached hydrogens (primary N) is 1. The van der Waals surface area contributed by atoms with E-state index in [-0.39, 0.29) is 12.6 Å². The van der Waals surface area contributed by atoms with Crippen LogP contribution >= 0.6 is 23.1 Å². The second kappa shape index (κ2) is 8.86. The summed E-state index contributed by atoms with van der Waals surface area (Å²) in [6, 6.07) is 8.37. The van der Waals surface area contributed by atoms with Gasteiger partial charge in [-0.2, -0.15) is 0 Å². The molecule has 2 aromatic heterocycles. The molecule has 4 N–H and O–H groups in total. The number of aliphatic hydroxyl groups excluding tert-OH is 1. The van der Waals surface area contributed by atoms with Gasteiger partial charge in [-0.3, -0.25) is 0 Å². The first-order valence-electron chi connectivity index (χ1n) is 8.94. The summed E-state index contributed by atoms with van der Waals surface area (Å²) in [5, 5.41) is 14.2. The number of nitrogens with zero attached hydrogens (tertiary/aromatic N) is 3. The molecule has 0 radical (unpaired) electrons. The van der Waals surface area contributed by atoms with Crippen LogP contribution in [0.3, 0.4) is 0 Å². The molecule has 0 bridgehead atoms. The van der Waals surface area contributed by atoms with Crippen LogP contribution in [-0.4, -0.2) is 32.7 Å². The minimum Gasteiger partial charge on any atom is -0.394 e. The summed E-state index contributed by atoms with van der Waals surface area (Å²) in [5.74, 6) is 1.94. The van der Waals surface area contributed by atoms with Gasteiger partial charge in [-0.05, 0) is 24.8 Å². The average Bonchev–Trinajstić information content (AvgIpc) is 3.00. The fraction of sp³-hybridized carbons (Fsp3) is 0.421. The molecule has 6 nitrogen and oxygen atoms in total. The largest absolute Gasteiger partial charge is 0.394 e. The zero-order chi connectivity index (χ0) is 19.4. The fourth-order valence-electron chi connectivity index (χ4n) is 2.76. The molecule has 144 valence electrons. The van der Waals surface area contributed by atoms with E-state index in [0.717, 1.165) is 16.9 Å². The van der Waals surface area contributed by atoms with Crippen LogP contribution in [0.15, 0.2) is 29.4 Å². The summed E-state index contributed by atoms with van der Waals surface area (Å²) < 4.78 is 0.828. The number of nitrogens with one attached hydrogen (secondary N) is 1. The summed E-state index contributed by atoms with van der Waals surface area (Å²) in [6.45, 7) is 6.39. The molecule has 0 unspecified atom stereocenters. The van der Waals surface area contributed by atoms with E-state index < -0.39 is 0 Å². The van der Waals surface area contributed by atoms with E-state index in [0.29, 0.717) is 27.7 Å². The predicted molar refractivity (Wildman–Crippen MR) is 114 cm³/mol. The lowest BCUT2D eigenvalue weighted by Gasteiger charge is -2.19. The zero-order valence-electron chi connectivity index (χ0n) is 15.8. The number of thiazole rings is 1. The number of aryl methyl sites for hydroxylation is 1. The molecule has 27 heavy (non-hydrogen) atoms. The van der Waals surface area contributed by atoms with Crippen molar-refractivity contribution in [2.45, 2.75) is 44.1 Å². The quantitative estimate of drug-likeness (QED) is 0.385. The van der Waals surface area contributed by atoms with E-state index in [1.807, 2.05) is 0 Å². The highest BCUT2D eigenvalue weighted by atomic mass is 32.2. The van der Waals surface area contributed by atoms with Crippen molar-refractivity contribution in [2.24, 2.45) is 5.92 Å². The van der Waals surface area contributed by atoms with Crippen molar-refractivity contribution in [1.29, 1.82) is 0 Å². The smallest absolute Gasteiger partial charge is 0.191 e. The normalized spacial score (nSPS) is 12.6. The third-order valence-corrected chi connectivity index (χ3v) is 5.85. The Balaban J connectivity index is 1.84. The molecule has 0 aliphatic rings. The van der Waals surface area contributed by atoms with Crippen LogP contribution in [-0.2, 0) is 5.75 Å². The van der Waals surface area contributed by atoms with Gasteiger partial charge < -0.3 is 16.2 Å². The Labute approximate surface area is 167 Å². The standard InChI is InChI=1S/C19H25N5OS2/c1-11(2)8-14(9-25)21-16-15-17(22-18(20)27-15)24-19(23-16)26-10-13-6-4-12(3)5-7-13/h4-7,11,14,25H,8-10H2,1-3H3,(H3,20,21,22,23,24)/t14-/m1/s1. The van der Waals surface area contributed by atoms with E-state index >= 15 is 0 Å². The Morgan fingerprint density at radius 1 is 1.19 bits per heavy atom. The van der Waals surface area contributed by atoms with Gasteiger partial charge in [0.1, 0.15) is 4.70 Å². The Morgan fingerprint density at radius 2 is 1.93 bits per heavy atom. The summed E-state index contributed by atoms with van der Waals surface area (Å²) >= 11 is 2.93. The van der Waals surface area contributed by atoms with Crippen molar-refractivity contribution in [3.63, 3.8) is 0 Å². The Kier molecular flexibility index (Phi) is 6.51. The molecule has 0 spiro atoms. The van der Waals surface area contributed by atoms with Crippen LogP contribution in [0.4, 0.5) is 10.9 Å². The minimum absolute atomic E-state index is 0.0454. The summed E-state index contributed by atoms with van der Waals surface area (Å²) in [6.07, 6.45) is 0.849. The maximum atomic E-state index is 9.71. The van der Waals surface area contributed by atoms with Gasteiger partial charge in [-0.25, -0.2) is 15.0 Å². The number of anilines is 2. The number of nitrogen functional groups attached to an aromatic ring is 1. The second-order valence-electron chi connectivity index (χ2n) is 6.99. The number of hydrogen-bond acceptors (Lipinski definition) is 8. The Morgan fingerprint density at radius 3 is 2.59 bits per heavy atom. The van der Waals surface area contributed by atoms with Gasteiger partial charge in [0.05, 0.1) is 12.6 Å². The van der Waals surface area contributed by atoms with Gasteiger partial charge >= 0.3 is 0 Å². The first-order chi connectivity index (χ1) is 12.9. The number of aliphatic hydroxyl groups is 1. The number of aromatic nitrogens is 3. The summed E-state index contributed by atoms with van der Waals surface area (Å²) in [7, 11) is 0. The van der Waals surface area contributed by atoms with Crippen LogP contribution in [0, 0.1) is 12.8 Å². The maximum Gasteiger partial charge on any atom is 0.191 e. The molecule has 8 heteroatoms. The molecular formula is C19H25N5OS2. The number of benzene rings is 1. The highest BCUT2D eigenvalue weighted by Gasteiger charge is 2.17. The predicted octanol–water partition coefficient (Wildman–Crippen LogP) is 4.09.